The van der Waals surface area contributed by atoms with Crippen molar-refractivity contribution in [1.82, 2.24) is 9.97 Å². The highest BCUT2D eigenvalue weighted by Crippen LogP contribution is 2.28. The number of ether oxygens (including phenoxy) is 1. The Bertz CT molecular complexity index is 943. The zero-order valence-corrected chi connectivity index (χ0v) is 16.0. The van der Waals surface area contributed by atoms with E-state index < -0.39 is 0 Å². The first-order valence-electron chi connectivity index (χ1n) is 8.25. The average Bonchev–Trinajstić information content (AvgIpc) is 2.58. The molecule has 0 unspecified atom stereocenters. The van der Waals surface area contributed by atoms with Crippen LogP contribution < -0.4 is 15.4 Å². The fourth-order valence-electron chi connectivity index (χ4n) is 2.55. The number of hydrogen-bond donors (Lipinski definition) is 2. The van der Waals surface area contributed by atoms with Crippen molar-refractivity contribution in [3.63, 3.8) is 0 Å². The summed E-state index contributed by atoms with van der Waals surface area (Å²) < 4.78 is 5.40. The molecule has 6 heteroatoms. The first-order chi connectivity index (χ1) is 12.4. The summed E-state index contributed by atoms with van der Waals surface area (Å²) in [5.74, 6) is 1.92. The van der Waals surface area contributed by atoms with Gasteiger partial charge in [-0.2, -0.15) is 4.98 Å². The molecule has 0 aliphatic rings. The van der Waals surface area contributed by atoms with Crippen LogP contribution in [0.25, 0.3) is 0 Å². The molecular formula is C20H21ClN4O. The summed E-state index contributed by atoms with van der Waals surface area (Å²) in [6.45, 7) is 5.92. The third-order valence-electron chi connectivity index (χ3n) is 3.90. The second-order valence-corrected chi connectivity index (χ2v) is 6.54. The molecule has 3 rings (SSSR count). The van der Waals surface area contributed by atoms with Crippen molar-refractivity contribution in [2.24, 2.45) is 0 Å². The Morgan fingerprint density at radius 3 is 2.46 bits per heavy atom. The molecule has 5 nitrogen and oxygen atoms in total. The van der Waals surface area contributed by atoms with Gasteiger partial charge in [0.05, 0.1) is 12.8 Å². The molecule has 1 aromatic heterocycles. The molecular weight excluding hydrogens is 348 g/mol. The van der Waals surface area contributed by atoms with Crippen molar-refractivity contribution in [1.29, 1.82) is 0 Å². The number of hydrogen-bond acceptors (Lipinski definition) is 5. The number of nitrogens with one attached hydrogen (secondary N) is 2. The normalized spacial score (nSPS) is 10.5. The predicted octanol–water partition coefficient (Wildman–Crippen LogP) is 5.55. The third-order valence-corrected chi connectivity index (χ3v) is 4.31. The van der Waals surface area contributed by atoms with E-state index in [-0.39, 0.29) is 0 Å². The number of anilines is 4. The Hall–Kier alpha value is -2.79. The number of benzene rings is 2. The SMILES string of the molecule is COc1ccc(C)cc1Nc1nc(C)cc(Nc2ccc(C)c(Cl)c2)n1. The zero-order chi connectivity index (χ0) is 18.7. The van der Waals surface area contributed by atoms with Gasteiger partial charge in [0, 0.05) is 22.5 Å². The van der Waals surface area contributed by atoms with Crippen molar-refractivity contribution in [3.05, 3.63) is 64.3 Å². The van der Waals surface area contributed by atoms with Crippen LogP contribution in [0.1, 0.15) is 16.8 Å². The monoisotopic (exact) mass is 368 g/mol. The standard InChI is InChI=1S/C20H21ClN4O/c1-12-5-8-18(26-4)17(9-12)24-20-22-14(3)10-19(25-20)23-15-7-6-13(2)16(21)11-15/h5-11H,1-4H3,(H2,22,23,24,25). The molecule has 0 fully saturated rings. The summed E-state index contributed by atoms with van der Waals surface area (Å²) in [7, 11) is 1.64. The molecule has 0 amide bonds. The lowest BCUT2D eigenvalue weighted by Crippen LogP contribution is -2.03. The molecule has 0 radical (unpaired) electrons. The average molecular weight is 369 g/mol. The second-order valence-electron chi connectivity index (χ2n) is 6.14. The first kappa shape index (κ1) is 18.0. The van der Waals surface area contributed by atoms with E-state index in [1.807, 2.05) is 63.2 Å². The molecule has 0 saturated carbocycles. The van der Waals surface area contributed by atoms with Crippen LogP contribution in [0.2, 0.25) is 5.02 Å². The summed E-state index contributed by atoms with van der Waals surface area (Å²) in [5, 5.41) is 7.22. The van der Waals surface area contributed by atoms with Gasteiger partial charge in [0.15, 0.2) is 0 Å². The van der Waals surface area contributed by atoms with Gasteiger partial charge in [-0.15, -0.1) is 0 Å². The number of halogens is 1. The van der Waals surface area contributed by atoms with E-state index in [0.717, 1.165) is 33.9 Å². The second kappa shape index (κ2) is 7.62. The Labute approximate surface area is 158 Å². The predicted molar refractivity (Wildman–Crippen MR) is 107 cm³/mol. The van der Waals surface area contributed by atoms with E-state index in [4.69, 9.17) is 16.3 Å². The summed E-state index contributed by atoms with van der Waals surface area (Å²) >= 11 is 6.20. The van der Waals surface area contributed by atoms with Gasteiger partial charge in [-0.05, 0) is 56.2 Å². The van der Waals surface area contributed by atoms with E-state index in [1.165, 1.54) is 0 Å². The molecule has 0 atom stereocenters. The molecule has 134 valence electrons. The van der Waals surface area contributed by atoms with Gasteiger partial charge in [0.25, 0.3) is 0 Å². The van der Waals surface area contributed by atoms with E-state index in [9.17, 15) is 0 Å². The van der Waals surface area contributed by atoms with Gasteiger partial charge < -0.3 is 15.4 Å². The van der Waals surface area contributed by atoms with Gasteiger partial charge in [-0.25, -0.2) is 4.98 Å². The molecule has 0 spiro atoms. The number of methoxy groups -OCH3 is 1. The molecule has 0 bridgehead atoms. The van der Waals surface area contributed by atoms with E-state index in [2.05, 4.69) is 20.6 Å². The number of aryl methyl sites for hydroxylation is 3. The van der Waals surface area contributed by atoms with Gasteiger partial charge >= 0.3 is 0 Å². The van der Waals surface area contributed by atoms with Gasteiger partial charge in [0.1, 0.15) is 11.6 Å². The van der Waals surface area contributed by atoms with Crippen LogP contribution in [0.15, 0.2) is 42.5 Å². The van der Waals surface area contributed by atoms with Crippen LogP contribution in [0.5, 0.6) is 5.75 Å². The van der Waals surface area contributed by atoms with Crippen molar-refractivity contribution >= 4 is 34.7 Å². The highest BCUT2D eigenvalue weighted by molar-refractivity contribution is 6.31. The summed E-state index contributed by atoms with van der Waals surface area (Å²) in [6.07, 6.45) is 0. The van der Waals surface area contributed by atoms with Crippen molar-refractivity contribution in [2.75, 3.05) is 17.7 Å². The van der Waals surface area contributed by atoms with Crippen LogP contribution in [0.3, 0.4) is 0 Å². The highest BCUT2D eigenvalue weighted by Gasteiger charge is 2.08. The van der Waals surface area contributed by atoms with Crippen molar-refractivity contribution < 1.29 is 4.74 Å². The molecule has 26 heavy (non-hydrogen) atoms. The van der Waals surface area contributed by atoms with Crippen molar-refractivity contribution in [2.45, 2.75) is 20.8 Å². The topological polar surface area (TPSA) is 59.1 Å². The summed E-state index contributed by atoms with van der Waals surface area (Å²) in [4.78, 5) is 9.01. The van der Waals surface area contributed by atoms with Gasteiger partial charge in [0.2, 0.25) is 5.95 Å². The molecule has 0 aliphatic heterocycles. The smallest absolute Gasteiger partial charge is 0.229 e. The lowest BCUT2D eigenvalue weighted by Gasteiger charge is -2.13. The van der Waals surface area contributed by atoms with Crippen LogP contribution in [0.4, 0.5) is 23.1 Å². The van der Waals surface area contributed by atoms with Crippen LogP contribution >= 0.6 is 11.6 Å². The quantitative estimate of drug-likeness (QED) is 0.618. The van der Waals surface area contributed by atoms with E-state index >= 15 is 0 Å². The maximum atomic E-state index is 6.20. The molecule has 0 aliphatic carbocycles. The zero-order valence-electron chi connectivity index (χ0n) is 15.2. The Kier molecular flexibility index (Phi) is 5.28. The number of aromatic nitrogens is 2. The molecule has 1 heterocycles. The third kappa shape index (κ3) is 4.24. The maximum absolute atomic E-state index is 6.20. The highest BCUT2D eigenvalue weighted by atomic mass is 35.5. The first-order valence-corrected chi connectivity index (χ1v) is 8.63. The van der Waals surface area contributed by atoms with Crippen LogP contribution in [-0.2, 0) is 0 Å². The van der Waals surface area contributed by atoms with Crippen LogP contribution in [-0.4, -0.2) is 17.1 Å². The lowest BCUT2D eigenvalue weighted by molar-refractivity contribution is 0.416. The Morgan fingerprint density at radius 2 is 1.73 bits per heavy atom. The van der Waals surface area contributed by atoms with Crippen LogP contribution in [0, 0.1) is 20.8 Å². The Balaban J connectivity index is 1.88. The van der Waals surface area contributed by atoms with Gasteiger partial charge in [-0.3, -0.25) is 0 Å². The number of rotatable bonds is 5. The summed E-state index contributed by atoms with van der Waals surface area (Å²) in [6, 6.07) is 13.6. The maximum Gasteiger partial charge on any atom is 0.229 e. The molecule has 2 aromatic carbocycles. The number of nitrogens with zero attached hydrogens (tertiary/aromatic N) is 2. The minimum Gasteiger partial charge on any atom is -0.495 e. The van der Waals surface area contributed by atoms with Crippen molar-refractivity contribution in [3.8, 4) is 5.75 Å². The summed E-state index contributed by atoms with van der Waals surface area (Å²) in [5.41, 5.74) is 4.69. The fraction of sp³-hybridized carbons (Fsp3) is 0.200. The van der Waals surface area contributed by atoms with E-state index in [1.54, 1.807) is 7.11 Å². The fourth-order valence-corrected chi connectivity index (χ4v) is 2.73. The van der Waals surface area contributed by atoms with E-state index in [0.29, 0.717) is 16.8 Å². The Morgan fingerprint density at radius 1 is 0.923 bits per heavy atom. The minimum atomic E-state index is 0.495. The lowest BCUT2D eigenvalue weighted by atomic mass is 10.2. The minimum absolute atomic E-state index is 0.495. The molecule has 0 saturated heterocycles. The molecule has 2 N–H and O–H groups in total. The van der Waals surface area contributed by atoms with Gasteiger partial charge in [-0.1, -0.05) is 23.7 Å². The largest absolute Gasteiger partial charge is 0.495 e. The molecule has 3 aromatic rings.